The predicted molar refractivity (Wildman–Crippen MR) is 146 cm³/mol. The van der Waals surface area contributed by atoms with E-state index in [0.29, 0.717) is 0 Å². The molecule has 5 aromatic rings. The lowest BCUT2D eigenvalue weighted by molar-refractivity contribution is -0.662. The number of hydrogen-bond acceptors (Lipinski definition) is 2. The molecule has 35 heavy (non-hydrogen) atoms. The summed E-state index contributed by atoms with van der Waals surface area (Å²) in [6, 6.07) is 22.4. The summed E-state index contributed by atoms with van der Waals surface area (Å²) >= 11 is 0. The van der Waals surface area contributed by atoms with Gasteiger partial charge in [-0.25, -0.2) is 4.57 Å². The highest BCUT2D eigenvalue weighted by atomic mass is 28.3. The van der Waals surface area contributed by atoms with Crippen molar-refractivity contribution in [3.63, 3.8) is 0 Å². The maximum absolute atomic E-state index is 6.94. The molecular formula is C31H29N2OSi+. The van der Waals surface area contributed by atoms with Crippen LogP contribution in [0.25, 0.3) is 32.9 Å². The number of ether oxygens (including phenoxy) is 1. The van der Waals surface area contributed by atoms with Crippen molar-refractivity contribution < 1.29 is 9.30 Å². The molecule has 0 saturated carbocycles. The molecule has 2 aliphatic rings. The third kappa shape index (κ3) is 2.83. The van der Waals surface area contributed by atoms with Crippen LogP contribution in [0, 0.1) is 6.92 Å². The maximum Gasteiger partial charge on any atom is 0.287 e. The fourth-order valence-corrected chi connectivity index (χ4v) is 8.68. The lowest BCUT2D eigenvalue weighted by Gasteiger charge is -2.30. The van der Waals surface area contributed by atoms with E-state index in [0.717, 1.165) is 35.2 Å². The van der Waals surface area contributed by atoms with Gasteiger partial charge >= 0.3 is 0 Å². The summed E-state index contributed by atoms with van der Waals surface area (Å²) in [5.74, 6) is 2.02. The molecule has 0 amide bonds. The lowest BCUT2D eigenvalue weighted by Crippen LogP contribution is -2.52. The first-order valence-corrected chi connectivity index (χ1v) is 15.6. The van der Waals surface area contributed by atoms with E-state index in [1.807, 2.05) is 6.33 Å². The van der Waals surface area contributed by atoms with E-state index in [4.69, 9.17) is 9.72 Å². The number of benzene rings is 4. The van der Waals surface area contributed by atoms with Crippen LogP contribution in [0.5, 0.6) is 11.5 Å². The van der Waals surface area contributed by atoms with Gasteiger partial charge in [0.25, 0.3) is 6.33 Å². The molecule has 1 aromatic heterocycles. The van der Waals surface area contributed by atoms with E-state index >= 15 is 0 Å². The van der Waals surface area contributed by atoms with Crippen molar-refractivity contribution in [2.75, 3.05) is 0 Å². The van der Waals surface area contributed by atoms with Gasteiger partial charge in [-0.3, -0.25) is 0 Å². The summed E-state index contributed by atoms with van der Waals surface area (Å²) in [5.41, 5.74) is 7.63. The molecule has 0 saturated heterocycles. The molecule has 3 nitrogen and oxygen atoms in total. The highest BCUT2D eigenvalue weighted by molar-refractivity contribution is 7.00. The molecule has 0 bridgehead atoms. The number of aryl methyl sites for hydroxylation is 4. The van der Waals surface area contributed by atoms with E-state index < -0.39 is 8.07 Å². The Morgan fingerprint density at radius 2 is 1.74 bits per heavy atom. The minimum atomic E-state index is -1.92. The Bertz CT molecular complexity index is 1690. The quantitative estimate of drug-likeness (QED) is 0.242. The smallest absolute Gasteiger partial charge is 0.287 e. The van der Waals surface area contributed by atoms with Crippen LogP contribution in [0.2, 0.25) is 13.1 Å². The summed E-state index contributed by atoms with van der Waals surface area (Å²) in [6.45, 7) is 7.10. The van der Waals surface area contributed by atoms with Crippen LogP contribution in [-0.2, 0) is 19.9 Å². The fourth-order valence-electron chi connectivity index (χ4n) is 6.34. The van der Waals surface area contributed by atoms with Crippen molar-refractivity contribution in [2.24, 2.45) is 7.05 Å². The summed E-state index contributed by atoms with van der Waals surface area (Å²) < 4.78 is 9.13. The van der Waals surface area contributed by atoms with Crippen LogP contribution in [0.3, 0.4) is 0 Å². The van der Waals surface area contributed by atoms with E-state index in [1.54, 1.807) is 0 Å². The molecule has 4 heteroatoms. The second-order valence-corrected chi connectivity index (χ2v) is 15.1. The monoisotopic (exact) mass is 473 g/mol. The zero-order valence-electron chi connectivity index (χ0n) is 20.8. The zero-order valence-corrected chi connectivity index (χ0v) is 21.8. The third-order valence-electron chi connectivity index (χ3n) is 8.31. The van der Waals surface area contributed by atoms with Crippen LogP contribution >= 0.6 is 0 Å². The minimum Gasteiger partial charge on any atom is -0.455 e. The van der Waals surface area contributed by atoms with Crippen molar-refractivity contribution >= 4 is 40.1 Å². The van der Waals surface area contributed by atoms with E-state index in [1.165, 1.54) is 55.5 Å². The first kappa shape index (κ1) is 20.8. The van der Waals surface area contributed by atoms with E-state index in [2.05, 4.69) is 92.3 Å². The highest BCUT2D eigenvalue weighted by Crippen LogP contribution is 2.51. The van der Waals surface area contributed by atoms with Gasteiger partial charge in [0, 0.05) is 5.56 Å². The Kier molecular flexibility index (Phi) is 4.32. The molecule has 0 atom stereocenters. The van der Waals surface area contributed by atoms with Gasteiger partial charge in [-0.1, -0.05) is 66.8 Å². The van der Waals surface area contributed by atoms with Crippen molar-refractivity contribution in [2.45, 2.75) is 39.3 Å². The second kappa shape index (κ2) is 7.25. The van der Waals surface area contributed by atoms with Gasteiger partial charge in [-0.05, 0) is 70.4 Å². The summed E-state index contributed by atoms with van der Waals surface area (Å²) in [7, 11) is 0.194. The molecule has 2 heterocycles. The maximum atomic E-state index is 6.94. The first-order valence-electron chi connectivity index (χ1n) is 12.6. The Morgan fingerprint density at radius 3 is 2.57 bits per heavy atom. The second-order valence-electron chi connectivity index (χ2n) is 10.7. The van der Waals surface area contributed by atoms with Crippen molar-refractivity contribution in [1.29, 1.82) is 0 Å². The standard InChI is InChI=1S/C31H29N2OSi/c1-19-23-14-8-10-20-11-9-15-24(28(20)23)31-27(19)30-29-25(32-18-33(30)2)16-22(17-26(29)34-31)35(3,4)21-12-6-5-7-13-21/h5-8,10,12-14,16-18H,9,11,15H2,1-4H3/q+1. The molecule has 0 spiro atoms. The van der Waals surface area contributed by atoms with Crippen LogP contribution in [0.1, 0.15) is 23.1 Å². The molecule has 0 radical (unpaired) electrons. The summed E-state index contributed by atoms with van der Waals surface area (Å²) in [6.07, 6.45) is 5.35. The summed E-state index contributed by atoms with van der Waals surface area (Å²) in [4.78, 5) is 4.89. The van der Waals surface area contributed by atoms with Gasteiger partial charge in [-0.15, -0.1) is 0 Å². The molecular weight excluding hydrogens is 444 g/mol. The number of fused-ring (bicyclic) bond motifs is 3. The van der Waals surface area contributed by atoms with Gasteiger partial charge in [0.2, 0.25) is 0 Å². The third-order valence-corrected chi connectivity index (χ3v) is 11.8. The Morgan fingerprint density at radius 1 is 0.914 bits per heavy atom. The fraction of sp³-hybridized carbons (Fsp3) is 0.226. The van der Waals surface area contributed by atoms with E-state index in [9.17, 15) is 0 Å². The average Bonchev–Trinajstić information content (AvgIpc) is 2.89. The van der Waals surface area contributed by atoms with E-state index in [-0.39, 0.29) is 0 Å². The number of aromatic nitrogens is 2. The number of rotatable bonds is 2. The van der Waals surface area contributed by atoms with Crippen molar-refractivity contribution in [3.05, 3.63) is 83.7 Å². The SMILES string of the molecule is Cc1c2c(c3c4c(cccc14)CCC3)Oc1cc([Si](C)(C)c3ccccc3)cc3nc[n+](C)c-2c13. The van der Waals surface area contributed by atoms with Crippen molar-refractivity contribution in [3.8, 4) is 22.8 Å². The van der Waals surface area contributed by atoms with Gasteiger partial charge < -0.3 is 4.74 Å². The topological polar surface area (TPSA) is 26.0 Å². The first-order chi connectivity index (χ1) is 16.9. The predicted octanol–water partition coefficient (Wildman–Crippen LogP) is 5.60. The highest BCUT2D eigenvalue weighted by Gasteiger charge is 2.35. The Balaban J connectivity index is 1.56. The van der Waals surface area contributed by atoms with Crippen LogP contribution in [0.4, 0.5) is 0 Å². The summed E-state index contributed by atoms with van der Waals surface area (Å²) in [5, 5.41) is 6.69. The van der Waals surface area contributed by atoms with Crippen LogP contribution in [-0.4, -0.2) is 13.1 Å². The van der Waals surface area contributed by atoms with Gasteiger partial charge in [0.1, 0.15) is 25.0 Å². The molecule has 1 aliphatic heterocycles. The van der Waals surface area contributed by atoms with Crippen LogP contribution < -0.4 is 19.7 Å². The molecule has 1 aliphatic carbocycles. The van der Waals surface area contributed by atoms with Gasteiger partial charge in [0.05, 0.1) is 12.6 Å². The normalized spacial score (nSPS) is 14.2. The number of nitrogens with zero attached hydrogens (tertiary/aromatic N) is 2. The molecule has 0 N–H and O–H groups in total. The Labute approximate surface area is 207 Å². The minimum absolute atomic E-state index is 0.957. The molecule has 0 fully saturated rings. The molecule has 7 rings (SSSR count). The molecule has 172 valence electrons. The zero-order chi connectivity index (χ0) is 23.9. The molecule has 0 unspecified atom stereocenters. The number of hydrogen-bond donors (Lipinski definition) is 0. The van der Waals surface area contributed by atoms with Gasteiger partial charge in [0.15, 0.2) is 11.2 Å². The molecule has 4 aromatic carbocycles. The van der Waals surface area contributed by atoms with Gasteiger partial charge in [-0.2, -0.15) is 0 Å². The Hall–Kier alpha value is -3.50. The van der Waals surface area contributed by atoms with Crippen molar-refractivity contribution in [1.82, 2.24) is 4.98 Å². The van der Waals surface area contributed by atoms with Crippen LogP contribution in [0.15, 0.2) is 67.0 Å². The largest absolute Gasteiger partial charge is 0.455 e. The average molecular weight is 474 g/mol. The lowest BCUT2D eigenvalue weighted by atomic mass is 9.82.